The van der Waals surface area contributed by atoms with Crippen molar-refractivity contribution in [3.05, 3.63) is 16.7 Å². The second-order valence-corrected chi connectivity index (χ2v) is 7.66. The third kappa shape index (κ3) is 5.04. The Kier molecular flexibility index (Phi) is 7.42. The predicted octanol–water partition coefficient (Wildman–Crippen LogP) is 1.87. The molecule has 9 heteroatoms. The van der Waals surface area contributed by atoms with Crippen LogP contribution < -0.4 is 20.1 Å². The quantitative estimate of drug-likeness (QED) is 0.576. The first-order valence-corrected chi connectivity index (χ1v) is 10.3. The first kappa shape index (κ1) is 21.5. The molecule has 0 unspecified atom stereocenters. The molecule has 1 saturated heterocycles. The van der Waals surface area contributed by atoms with Crippen LogP contribution in [0.15, 0.2) is 6.07 Å². The standard InChI is InChI=1S/C20H27ClN4O4/c1-23-15-10-14(18-19(17(15)21)29-9-8-28-18)20(27)24-11-13-4-7-25(12-16(13)26)6-3-2-5-22/h10,13,16,23,26H,2-4,6-9,11-12H2,1H3,(H,24,27)/t13-,16+/m0/s1. The molecule has 1 fully saturated rings. The third-order valence-corrected chi connectivity index (χ3v) is 5.73. The van der Waals surface area contributed by atoms with Gasteiger partial charge in [0.05, 0.1) is 23.4 Å². The van der Waals surface area contributed by atoms with Crippen molar-refractivity contribution in [3.63, 3.8) is 0 Å². The second-order valence-electron chi connectivity index (χ2n) is 7.28. The summed E-state index contributed by atoms with van der Waals surface area (Å²) in [6.45, 7) is 3.32. The number of aliphatic hydroxyl groups excluding tert-OH is 1. The molecule has 8 nitrogen and oxygen atoms in total. The first-order valence-electron chi connectivity index (χ1n) is 9.90. The van der Waals surface area contributed by atoms with E-state index in [0.717, 1.165) is 25.9 Å². The van der Waals surface area contributed by atoms with Crippen LogP contribution in [0.5, 0.6) is 11.5 Å². The van der Waals surface area contributed by atoms with Crippen LogP contribution in [0.4, 0.5) is 5.69 Å². The molecule has 0 spiro atoms. The van der Waals surface area contributed by atoms with Crippen LogP contribution in [0.25, 0.3) is 0 Å². The van der Waals surface area contributed by atoms with Gasteiger partial charge in [-0.25, -0.2) is 0 Å². The molecular weight excluding hydrogens is 396 g/mol. The molecule has 3 N–H and O–H groups in total. The lowest BCUT2D eigenvalue weighted by atomic mass is 9.93. The van der Waals surface area contributed by atoms with Crippen LogP contribution in [-0.4, -0.2) is 68.5 Å². The van der Waals surface area contributed by atoms with E-state index >= 15 is 0 Å². The summed E-state index contributed by atoms with van der Waals surface area (Å²) in [5.74, 6) is 0.421. The van der Waals surface area contributed by atoms with Crippen molar-refractivity contribution < 1.29 is 19.4 Å². The number of benzene rings is 1. The number of carbonyl (C=O) groups excluding carboxylic acids is 1. The normalized spacial score (nSPS) is 21.3. The van der Waals surface area contributed by atoms with Crippen molar-refractivity contribution in [1.29, 1.82) is 5.26 Å². The highest BCUT2D eigenvalue weighted by Gasteiger charge is 2.30. The number of likely N-dealkylation sites (tertiary alicyclic amines) is 1. The molecule has 2 atom stereocenters. The van der Waals surface area contributed by atoms with Gasteiger partial charge < -0.3 is 30.1 Å². The van der Waals surface area contributed by atoms with E-state index < -0.39 is 6.10 Å². The molecule has 158 valence electrons. The number of unbranched alkanes of at least 4 members (excludes halogenated alkanes) is 1. The Bertz CT molecular complexity index is 783. The molecule has 2 heterocycles. The number of piperidine rings is 1. The summed E-state index contributed by atoms with van der Waals surface area (Å²) in [4.78, 5) is 15.0. The van der Waals surface area contributed by atoms with Gasteiger partial charge in [-0.3, -0.25) is 4.79 Å². The van der Waals surface area contributed by atoms with E-state index in [9.17, 15) is 9.90 Å². The maximum Gasteiger partial charge on any atom is 0.255 e. The minimum absolute atomic E-state index is 0.0183. The Balaban J connectivity index is 1.61. The lowest BCUT2D eigenvalue weighted by molar-refractivity contribution is 0.0219. The SMILES string of the molecule is CNc1cc(C(=O)NC[C@@H]2CCN(CCCC#N)C[C@H]2O)c2c(c1Cl)OCCO2. The molecule has 3 rings (SSSR count). The summed E-state index contributed by atoms with van der Waals surface area (Å²) in [6, 6.07) is 3.79. The zero-order valence-electron chi connectivity index (χ0n) is 16.5. The third-order valence-electron chi connectivity index (χ3n) is 5.36. The van der Waals surface area contributed by atoms with Gasteiger partial charge in [-0.15, -0.1) is 0 Å². The number of nitriles is 1. The predicted molar refractivity (Wildman–Crippen MR) is 110 cm³/mol. The van der Waals surface area contributed by atoms with Crippen LogP contribution in [-0.2, 0) is 0 Å². The largest absolute Gasteiger partial charge is 0.485 e. The number of β-amino-alcohol motifs (C(OH)–C–C–N with tert-alkyl or cyclic N) is 1. The number of carbonyl (C=O) groups is 1. The molecule has 2 aliphatic heterocycles. The fourth-order valence-corrected chi connectivity index (χ4v) is 4.00. The zero-order valence-corrected chi connectivity index (χ0v) is 17.3. The molecule has 2 aliphatic rings. The van der Waals surface area contributed by atoms with Gasteiger partial charge in [0, 0.05) is 32.5 Å². The number of aliphatic hydroxyl groups is 1. The van der Waals surface area contributed by atoms with E-state index in [1.165, 1.54) is 0 Å². The number of halogens is 1. The van der Waals surface area contributed by atoms with Gasteiger partial charge in [-0.1, -0.05) is 11.6 Å². The molecule has 0 saturated carbocycles. The van der Waals surface area contributed by atoms with Crippen LogP contribution in [0.1, 0.15) is 29.6 Å². The van der Waals surface area contributed by atoms with Gasteiger partial charge in [0.15, 0.2) is 11.5 Å². The molecule has 1 aromatic rings. The molecule has 0 radical (unpaired) electrons. The number of nitrogens with one attached hydrogen (secondary N) is 2. The molecule has 29 heavy (non-hydrogen) atoms. The number of hydrogen-bond donors (Lipinski definition) is 3. The van der Waals surface area contributed by atoms with Crippen LogP contribution >= 0.6 is 11.6 Å². The van der Waals surface area contributed by atoms with E-state index in [1.807, 2.05) is 0 Å². The van der Waals surface area contributed by atoms with E-state index in [2.05, 4.69) is 21.6 Å². The second kappa shape index (κ2) is 10.0. The fraction of sp³-hybridized carbons (Fsp3) is 0.600. The Labute approximate surface area is 175 Å². The van der Waals surface area contributed by atoms with Crippen molar-refractivity contribution in [3.8, 4) is 17.6 Å². The molecule has 0 aliphatic carbocycles. The molecular formula is C20H27ClN4O4. The molecule has 0 bridgehead atoms. The lowest BCUT2D eigenvalue weighted by Crippen LogP contribution is -2.47. The van der Waals surface area contributed by atoms with E-state index in [0.29, 0.717) is 60.5 Å². The van der Waals surface area contributed by atoms with Gasteiger partial charge in [0.2, 0.25) is 0 Å². The number of hydrogen-bond acceptors (Lipinski definition) is 7. The molecule has 1 aromatic carbocycles. The van der Waals surface area contributed by atoms with Crippen LogP contribution in [0, 0.1) is 17.2 Å². The Hall–Kier alpha value is -2.21. The average molecular weight is 423 g/mol. The van der Waals surface area contributed by atoms with E-state index in [4.69, 9.17) is 26.3 Å². The zero-order chi connectivity index (χ0) is 20.8. The lowest BCUT2D eigenvalue weighted by Gasteiger charge is -2.36. The minimum Gasteiger partial charge on any atom is -0.485 e. The maximum absolute atomic E-state index is 12.8. The van der Waals surface area contributed by atoms with E-state index in [1.54, 1.807) is 13.1 Å². The minimum atomic E-state index is -0.516. The summed E-state index contributed by atoms with van der Waals surface area (Å²) in [6.07, 6.45) is 1.60. The number of rotatable bonds is 7. The summed E-state index contributed by atoms with van der Waals surface area (Å²) < 4.78 is 11.3. The van der Waals surface area contributed by atoms with Gasteiger partial charge in [-0.2, -0.15) is 5.26 Å². The topological polar surface area (TPSA) is 107 Å². The number of anilines is 1. The van der Waals surface area contributed by atoms with Gasteiger partial charge in [-0.05, 0) is 32.0 Å². The highest BCUT2D eigenvalue weighted by Crippen LogP contribution is 2.44. The first-order chi connectivity index (χ1) is 14.0. The highest BCUT2D eigenvalue weighted by atomic mass is 35.5. The molecule has 1 amide bonds. The van der Waals surface area contributed by atoms with Gasteiger partial charge >= 0.3 is 0 Å². The summed E-state index contributed by atoms with van der Waals surface area (Å²) in [5.41, 5.74) is 0.948. The monoisotopic (exact) mass is 422 g/mol. The van der Waals surface area contributed by atoms with E-state index in [-0.39, 0.29) is 11.8 Å². The van der Waals surface area contributed by atoms with Crippen molar-refractivity contribution in [1.82, 2.24) is 10.2 Å². The number of nitrogens with zero attached hydrogens (tertiary/aromatic N) is 2. The van der Waals surface area contributed by atoms with Crippen LogP contribution in [0.2, 0.25) is 5.02 Å². The maximum atomic E-state index is 12.8. The Morgan fingerprint density at radius 3 is 2.86 bits per heavy atom. The average Bonchev–Trinajstić information content (AvgIpc) is 2.73. The van der Waals surface area contributed by atoms with Crippen molar-refractivity contribution in [2.75, 3.05) is 51.8 Å². The Morgan fingerprint density at radius 2 is 2.17 bits per heavy atom. The van der Waals surface area contributed by atoms with Gasteiger partial charge in [0.25, 0.3) is 5.91 Å². The van der Waals surface area contributed by atoms with Crippen molar-refractivity contribution in [2.45, 2.75) is 25.4 Å². The number of amides is 1. The summed E-state index contributed by atoms with van der Waals surface area (Å²) in [5, 5.41) is 25.4. The van der Waals surface area contributed by atoms with Crippen molar-refractivity contribution >= 4 is 23.2 Å². The fourth-order valence-electron chi connectivity index (χ4n) is 3.72. The highest BCUT2D eigenvalue weighted by molar-refractivity contribution is 6.35. The molecule has 0 aromatic heterocycles. The smallest absolute Gasteiger partial charge is 0.255 e. The van der Waals surface area contributed by atoms with Gasteiger partial charge in [0.1, 0.15) is 18.2 Å². The van der Waals surface area contributed by atoms with Crippen molar-refractivity contribution in [2.24, 2.45) is 5.92 Å². The summed E-state index contributed by atoms with van der Waals surface area (Å²) in [7, 11) is 1.72. The summed E-state index contributed by atoms with van der Waals surface area (Å²) >= 11 is 6.33. The van der Waals surface area contributed by atoms with Crippen LogP contribution in [0.3, 0.4) is 0 Å². The Morgan fingerprint density at radius 1 is 1.41 bits per heavy atom. The number of ether oxygens (including phenoxy) is 2. The number of fused-ring (bicyclic) bond motifs is 1.